The summed E-state index contributed by atoms with van der Waals surface area (Å²) in [6, 6.07) is 3.99. The zero-order valence-corrected chi connectivity index (χ0v) is 10.4. The molecule has 1 N–H and O–H groups in total. The molecule has 1 aliphatic heterocycles. The Hall–Kier alpha value is -0.930. The van der Waals surface area contributed by atoms with Gasteiger partial charge in [0.05, 0.1) is 11.8 Å². The van der Waals surface area contributed by atoms with Crippen LogP contribution < -0.4 is 0 Å². The third-order valence-electron chi connectivity index (χ3n) is 3.52. The predicted octanol–water partition coefficient (Wildman–Crippen LogP) is 2.49. The van der Waals surface area contributed by atoms with Crippen LogP contribution in [0.4, 0.5) is 0 Å². The van der Waals surface area contributed by atoms with Gasteiger partial charge in [0.1, 0.15) is 0 Å². The van der Waals surface area contributed by atoms with E-state index in [1.807, 2.05) is 6.07 Å². The molecule has 0 radical (unpaired) electrons. The van der Waals surface area contributed by atoms with Crippen molar-refractivity contribution >= 4 is 0 Å². The minimum atomic E-state index is -0.422. The number of aliphatic hydroxyl groups is 1. The first-order valence-electron chi connectivity index (χ1n) is 6.51. The zero-order valence-electron chi connectivity index (χ0n) is 10.4. The summed E-state index contributed by atoms with van der Waals surface area (Å²) in [5, 5.41) is 10.3. The number of pyridine rings is 1. The summed E-state index contributed by atoms with van der Waals surface area (Å²) in [5.41, 5.74) is 2.02. The van der Waals surface area contributed by atoms with Crippen molar-refractivity contribution in [2.45, 2.75) is 38.7 Å². The molecule has 1 aromatic heterocycles. The molecule has 1 fully saturated rings. The van der Waals surface area contributed by atoms with E-state index < -0.39 is 6.10 Å². The molecule has 3 heteroatoms. The van der Waals surface area contributed by atoms with Gasteiger partial charge in [-0.05, 0) is 43.2 Å². The molecule has 0 bridgehead atoms. The Morgan fingerprint density at radius 1 is 1.47 bits per heavy atom. The van der Waals surface area contributed by atoms with E-state index in [0.29, 0.717) is 5.92 Å². The molecule has 0 spiro atoms. The van der Waals surface area contributed by atoms with Crippen LogP contribution in [0.1, 0.15) is 43.5 Å². The van der Waals surface area contributed by atoms with E-state index in [-0.39, 0.29) is 0 Å². The average Bonchev–Trinajstić information content (AvgIpc) is 2.40. The van der Waals surface area contributed by atoms with Gasteiger partial charge in [0.25, 0.3) is 0 Å². The van der Waals surface area contributed by atoms with Crippen LogP contribution in [0.2, 0.25) is 0 Å². The lowest BCUT2D eigenvalue weighted by Crippen LogP contribution is -2.18. The number of aromatic nitrogens is 1. The number of hydrogen-bond donors (Lipinski definition) is 1. The minimum Gasteiger partial charge on any atom is -0.387 e. The van der Waals surface area contributed by atoms with Gasteiger partial charge in [-0.2, -0.15) is 0 Å². The van der Waals surface area contributed by atoms with Gasteiger partial charge in [-0.1, -0.05) is 13.0 Å². The van der Waals surface area contributed by atoms with Gasteiger partial charge in [0, 0.05) is 19.4 Å². The first kappa shape index (κ1) is 12.5. The molecular formula is C14H21NO2. The number of aliphatic hydroxyl groups excluding tert-OH is 1. The van der Waals surface area contributed by atoms with Crippen LogP contribution in [0.3, 0.4) is 0 Å². The minimum absolute atomic E-state index is 0.422. The molecule has 17 heavy (non-hydrogen) atoms. The number of rotatable bonds is 4. The third-order valence-corrected chi connectivity index (χ3v) is 3.52. The molecule has 1 aliphatic rings. The van der Waals surface area contributed by atoms with Gasteiger partial charge in [-0.15, -0.1) is 0 Å². The van der Waals surface area contributed by atoms with Crippen LogP contribution in [0.5, 0.6) is 0 Å². The molecule has 3 nitrogen and oxygen atoms in total. The molecule has 1 unspecified atom stereocenters. The van der Waals surface area contributed by atoms with Crippen molar-refractivity contribution in [1.82, 2.24) is 4.98 Å². The fraction of sp³-hybridized carbons (Fsp3) is 0.643. The summed E-state index contributed by atoms with van der Waals surface area (Å²) in [4.78, 5) is 4.33. The third kappa shape index (κ3) is 3.27. The number of aryl methyl sites for hydroxylation is 1. The fourth-order valence-electron chi connectivity index (χ4n) is 2.46. The van der Waals surface area contributed by atoms with Crippen LogP contribution in [0.25, 0.3) is 0 Å². The van der Waals surface area contributed by atoms with E-state index in [0.717, 1.165) is 50.2 Å². The van der Waals surface area contributed by atoms with Crippen molar-refractivity contribution in [1.29, 1.82) is 0 Å². The van der Waals surface area contributed by atoms with Crippen molar-refractivity contribution in [3.05, 3.63) is 29.6 Å². The Bertz CT molecular complexity index is 348. The normalized spacial score (nSPS) is 19.2. The quantitative estimate of drug-likeness (QED) is 0.872. The second-order valence-electron chi connectivity index (χ2n) is 4.71. The van der Waals surface area contributed by atoms with Gasteiger partial charge in [-0.25, -0.2) is 0 Å². The van der Waals surface area contributed by atoms with E-state index >= 15 is 0 Å². The Morgan fingerprint density at radius 3 is 2.94 bits per heavy atom. The maximum absolute atomic E-state index is 10.3. The Morgan fingerprint density at radius 2 is 2.24 bits per heavy atom. The molecule has 0 saturated carbocycles. The highest BCUT2D eigenvalue weighted by molar-refractivity contribution is 5.21. The highest BCUT2D eigenvalue weighted by Crippen LogP contribution is 2.28. The summed E-state index contributed by atoms with van der Waals surface area (Å²) in [7, 11) is 0. The number of nitrogens with zero attached hydrogens (tertiary/aromatic N) is 1. The molecule has 0 amide bonds. The van der Waals surface area contributed by atoms with E-state index in [1.165, 1.54) is 0 Å². The maximum Gasteiger partial charge on any atom is 0.0965 e. The average molecular weight is 235 g/mol. The van der Waals surface area contributed by atoms with Crippen LogP contribution in [0, 0.1) is 5.92 Å². The number of ether oxygens (including phenoxy) is 1. The molecule has 0 aromatic carbocycles. The van der Waals surface area contributed by atoms with E-state index in [4.69, 9.17) is 4.74 Å². The first-order valence-corrected chi connectivity index (χ1v) is 6.51. The lowest BCUT2D eigenvalue weighted by atomic mass is 9.91. The highest BCUT2D eigenvalue weighted by atomic mass is 16.5. The Kier molecular flexibility index (Phi) is 4.51. The van der Waals surface area contributed by atoms with Gasteiger partial charge < -0.3 is 9.84 Å². The Labute approximate surface area is 103 Å². The molecule has 2 heterocycles. The Balaban J connectivity index is 2.00. The summed E-state index contributed by atoms with van der Waals surface area (Å²) < 4.78 is 5.33. The molecule has 0 aliphatic carbocycles. The van der Waals surface area contributed by atoms with Crippen LogP contribution in [-0.4, -0.2) is 23.3 Å². The van der Waals surface area contributed by atoms with Gasteiger partial charge in [0.15, 0.2) is 0 Å². The topological polar surface area (TPSA) is 42.4 Å². The smallest absolute Gasteiger partial charge is 0.0965 e. The van der Waals surface area contributed by atoms with Crippen LogP contribution in [0.15, 0.2) is 18.3 Å². The molecule has 1 saturated heterocycles. The van der Waals surface area contributed by atoms with Gasteiger partial charge in [0.2, 0.25) is 0 Å². The van der Waals surface area contributed by atoms with Crippen molar-refractivity contribution < 1.29 is 9.84 Å². The summed E-state index contributed by atoms with van der Waals surface area (Å²) in [5.74, 6) is 0.575. The fourth-order valence-corrected chi connectivity index (χ4v) is 2.46. The second kappa shape index (κ2) is 6.12. The highest BCUT2D eigenvalue weighted by Gasteiger charge is 2.20. The largest absolute Gasteiger partial charge is 0.387 e. The summed E-state index contributed by atoms with van der Waals surface area (Å²) in [6.07, 6.45) is 5.20. The van der Waals surface area contributed by atoms with Crippen LogP contribution in [-0.2, 0) is 11.2 Å². The number of hydrogen-bond acceptors (Lipinski definition) is 3. The lowest BCUT2D eigenvalue weighted by molar-refractivity contribution is 0.0425. The second-order valence-corrected chi connectivity index (χ2v) is 4.71. The first-order chi connectivity index (χ1) is 8.31. The van der Waals surface area contributed by atoms with Crippen molar-refractivity contribution in [3.63, 3.8) is 0 Å². The van der Waals surface area contributed by atoms with Crippen LogP contribution >= 0.6 is 0 Å². The molecular weight excluding hydrogens is 214 g/mol. The SMILES string of the molecule is CCc1cccnc1C(O)CC1CCOCC1. The zero-order chi connectivity index (χ0) is 12.1. The van der Waals surface area contributed by atoms with Crippen molar-refractivity contribution in [3.8, 4) is 0 Å². The molecule has 1 aromatic rings. The monoisotopic (exact) mass is 235 g/mol. The van der Waals surface area contributed by atoms with E-state index in [9.17, 15) is 5.11 Å². The molecule has 2 rings (SSSR count). The van der Waals surface area contributed by atoms with Gasteiger partial charge >= 0.3 is 0 Å². The summed E-state index contributed by atoms with van der Waals surface area (Å²) in [6.45, 7) is 3.77. The van der Waals surface area contributed by atoms with E-state index in [1.54, 1.807) is 6.20 Å². The standard InChI is InChI=1S/C14H21NO2/c1-2-12-4-3-7-15-14(12)13(16)10-11-5-8-17-9-6-11/h3-4,7,11,13,16H,2,5-6,8-10H2,1H3. The van der Waals surface area contributed by atoms with Crippen molar-refractivity contribution in [2.24, 2.45) is 5.92 Å². The lowest BCUT2D eigenvalue weighted by Gasteiger charge is -2.24. The van der Waals surface area contributed by atoms with Gasteiger partial charge in [-0.3, -0.25) is 4.98 Å². The predicted molar refractivity (Wildman–Crippen MR) is 66.7 cm³/mol. The molecule has 94 valence electrons. The molecule has 1 atom stereocenters. The van der Waals surface area contributed by atoms with Crippen molar-refractivity contribution in [2.75, 3.05) is 13.2 Å². The maximum atomic E-state index is 10.3. The summed E-state index contributed by atoms with van der Waals surface area (Å²) >= 11 is 0. The van der Waals surface area contributed by atoms with E-state index in [2.05, 4.69) is 18.0 Å².